The number of carbonyl (C=O) groups excluding carboxylic acids is 1. The molecular weight excluding hydrogens is 294 g/mol. The van der Waals surface area contributed by atoms with E-state index in [4.69, 9.17) is 0 Å². The third-order valence-corrected chi connectivity index (χ3v) is 4.25. The second-order valence-corrected chi connectivity index (χ2v) is 5.95. The molecule has 1 amide bonds. The Bertz CT molecular complexity index is 467. The largest absolute Gasteiger partial charge is 0.386 e. The van der Waals surface area contributed by atoms with Gasteiger partial charge in [-0.15, -0.1) is 0 Å². The highest BCUT2D eigenvalue weighted by atomic mass is 79.9. The molecule has 18 heavy (non-hydrogen) atoms. The number of benzene rings is 1. The van der Waals surface area contributed by atoms with E-state index in [2.05, 4.69) is 15.9 Å². The van der Waals surface area contributed by atoms with Gasteiger partial charge >= 0.3 is 0 Å². The lowest BCUT2D eigenvalue weighted by Crippen LogP contribution is -2.63. The van der Waals surface area contributed by atoms with Gasteiger partial charge in [0, 0.05) is 10.0 Å². The first-order chi connectivity index (χ1) is 8.45. The lowest BCUT2D eigenvalue weighted by Gasteiger charge is -2.46. The van der Waals surface area contributed by atoms with Gasteiger partial charge in [-0.05, 0) is 31.0 Å². The minimum atomic E-state index is -0.660. The summed E-state index contributed by atoms with van der Waals surface area (Å²) in [5, 5.41) is 10.1. The minimum absolute atomic E-state index is 0.00326. The van der Waals surface area contributed by atoms with Crippen molar-refractivity contribution in [1.29, 1.82) is 0 Å². The number of aliphatic hydroxyl groups is 1. The topological polar surface area (TPSA) is 40.5 Å². The Kier molecular flexibility index (Phi) is 3.78. The highest BCUT2D eigenvalue weighted by Gasteiger charge is 2.42. The number of rotatable bonds is 3. The SMILES string of the molecule is CCCC1(O)CN(C(=O)c2ccc(C)c(Br)c2)C1. The summed E-state index contributed by atoms with van der Waals surface area (Å²) < 4.78 is 0.942. The molecule has 1 aromatic rings. The van der Waals surface area contributed by atoms with Crippen LogP contribution in [0.5, 0.6) is 0 Å². The molecule has 1 N–H and O–H groups in total. The first kappa shape index (κ1) is 13.6. The van der Waals surface area contributed by atoms with Gasteiger partial charge < -0.3 is 10.0 Å². The molecule has 0 bridgehead atoms. The van der Waals surface area contributed by atoms with Crippen molar-refractivity contribution in [2.75, 3.05) is 13.1 Å². The molecule has 0 aromatic heterocycles. The third-order valence-electron chi connectivity index (χ3n) is 3.39. The highest BCUT2D eigenvalue weighted by molar-refractivity contribution is 9.10. The molecule has 0 spiro atoms. The quantitative estimate of drug-likeness (QED) is 0.932. The van der Waals surface area contributed by atoms with Gasteiger partial charge in [-0.2, -0.15) is 0 Å². The Labute approximate surface area is 116 Å². The van der Waals surface area contributed by atoms with Gasteiger partial charge in [0.25, 0.3) is 5.91 Å². The third kappa shape index (κ3) is 2.59. The Hall–Kier alpha value is -0.870. The van der Waals surface area contributed by atoms with Crippen LogP contribution < -0.4 is 0 Å². The zero-order chi connectivity index (χ0) is 13.3. The first-order valence-corrected chi connectivity index (χ1v) is 7.02. The Morgan fingerprint density at radius 1 is 1.50 bits per heavy atom. The fourth-order valence-electron chi connectivity index (χ4n) is 2.34. The van der Waals surface area contributed by atoms with E-state index in [-0.39, 0.29) is 5.91 Å². The Morgan fingerprint density at radius 2 is 2.17 bits per heavy atom. The van der Waals surface area contributed by atoms with Gasteiger partial charge in [0.1, 0.15) is 0 Å². The molecule has 0 atom stereocenters. The Morgan fingerprint density at radius 3 is 2.72 bits per heavy atom. The fourth-order valence-corrected chi connectivity index (χ4v) is 2.72. The Balaban J connectivity index is 2.03. The maximum atomic E-state index is 12.2. The second-order valence-electron chi connectivity index (χ2n) is 5.10. The lowest BCUT2D eigenvalue weighted by atomic mass is 9.88. The number of hydrogen-bond acceptors (Lipinski definition) is 2. The summed E-state index contributed by atoms with van der Waals surface area (Å²) in [6.45, 7) is 4.93. The van der Waals surface area contributed by atoms with E-state index in [9.17, 15) is 9.90 Å². The predicted molar refractivity (Wildman–Crippen MR) is 74.6 cm³/mol. The lowest BCUT2D eigenvalue weighted by molar-refractivity contribution is -0.0860. The van der Waals surface area contributed by atoms with Crippen molar-refractivity contribution >= 4 is 21.8 Å². The van der Waals surface area contributed by atoms with E-state index in [0.717, 1.165) is 22.9 Å². The van der Waals surface area contributed by atoms with E-state index in [1.54, 1.807) is 4.90 Å². The van der Waals surface area contributed by atoms with Gasteiger partial charge in [-0.25, -0.2) is 0 Å². The minimum Gasteiger partial charge on any atom is -0.386 e. The summed E-state index contributed by atoms with van der Waals surface area (Å²) >= 11 is 3.43. The van der Waals surface area contributed by atoms with Crippen LogP contribution in [-0.2, 0) is 0 Å². The number of amides is 1. The smallest absolute Gasteiger partial charge is 0.254 e. The monoisotopic (exact) mass is 311 g/mol. The first-order valence-electron chi connectivity index (χ1n) is 6.23. The van der Waals surface area contributed by atoms with Crippen LogP contribution >= 0.6 is 15.9 Å². The molecule has 0 aliphatic carbocycles. The van der Waals surface area contributed by atoms with E-state index >= 15 is 0 Å². The zero-order valence-corrected chi connectivity index (χ0v) is 12.3. The van der Waals surface area contributed by atoms with Crippen molar-refractivity contribution in [3.8, 4) is 0 Å². The average Bonchev–Trinajstić information content (AvgIpc) is 2.29. The number of β-amino-alcohol motifs (C(OH)–C–C–N with tert-alkyl or cyclic N) is 1. The fraction of sp³-hybridized carbons (Fsp3) is 0.500. The van der Waals surface area contributed by atoms with Crippen molar-refractivity contribution in [2.24, 2.45) is 0 Å². The summed E-state index contributed by atoms with van der Waals surface area (Å²) in [5.41, 5.74) is 1.12. The van der Waals surface area contributed by atoms with Crippen molar-refractivity contribution in [3.05, 3.63) is 33.8 Å². The summed E-state index contributed by atoms with van der Waals surface area (Å²) in [6.07, 6.45) is 1.70. The van der Waals surface area contributed by atoms with Gasteiger partial charge in [-0.1, -0.05) is 35.3 Å². The molecule has 0 unspecified atom stereocenters. The molecule has 1 fully saturated rings. The normalized spacial score (nSPS) is 17.4. The summed E-state index contributed by atoms with van der Waals surface area (Å²) in [4.78, 5) is 13.9. The number of nitrogens with zero attached hydrogens (tertiary/aromatic N) is 1. The van der Waals surface area contributed by atoms with Crippen LogP contribution in [0.3, 0.4) is 0 Å². The summed E-state index contributed by atoms with van der Waals surface area (Å²) in [5.74, 6) is -0.00326. The summed E-state index contributed by atoms with van der Waals surface area (Å²) in [6, 6.07) is 5.60. The van der Waals surface area contributed by atoms with Gasteiger partial charge in [-0.3, -0.25) is 4.79 Å². The van der Waals surface area contributed by atoms with E-state index in [1.165, 1.54) is 0 Å². The maximum Gasteiger partial charge on any atom is 0.254 e. The summed E-state index contributed by atoms with van der Waals surface area (Å²) in [7, 11) is 0. The molecule has 0 saturated carbocycles. The van der Waals surface area contributed by atoms with Gasteiger partial charge in [0.2, 0.25) is 0 Å². The zero-order valence-electron chi connectivity index (χ0n) is 10.7. The number of hydrogen-bond donors (Lipinski definition) is 1. The van der Waals surface area contributed by atoms with E-state index in [0.29, 0.717) is 18.7 Å². The predicted octanol–water partition coefficient (Wildman–Crippen LogP) is 2.74. The average molecular weight is 312 g/mol. The van der Waals surface area contributed by atoms with Crippen LogP contribution in [0.25, 0.3) is 0 Å². The van der Waals surface area contributed by atoms with Gasteiger partial charge in [0.05, 0.1) is 18.7 Å². The van der Waals surface area contributed by atoms with Crippen molar-refractivity contribution in [1.82, 2.24) is 4.90 Å². The molecule has 1 saturated heterocycles. The molecular formula is C14H18BrNO2. The van der Waals surface area contributed by atoms with Crippen LogP contribution in [0.15, 0.2) is 22.7 Å². The highest BCUT2D eigenvalue weighted by Crippen LogP contribution is 2.28. The van der Waals surface area contributed by atoms with Crippen LogP contribution in [0, 0.1) is 6.92 Å². The molecule has 1 aliphatic rings. The maximum absolute atomic E-state index is 12.2. The molecule has 2 rings (SSSR count). The molecule has 1 aromatic carbocycles. The molecule has 4 heteroatoms. The second kappa shape index (κ2) is 5.02. The molecule has 1 heterocycles. The van der Waals surface area contributed by atoms with Crippen molar-refractivity contribution in [2.45, 2.75) is 32.3 Å². The number of halogens is 1. The standard InChI is InChI=1S/C14H18BrNO2/c1-3-6-14(18)8-16(9-14)13(17)11-5-4-10(2)12(15)7-11/h4-5,7,18H,3,6,8-9H2,1-2H3. The molecule has 3 nitrogen and oxygen atoms in total. The van der Waals surface area contributed by atoms with E-state index in [1.807, 2.05) is 32.0 Å². The molecule has 1 aliphatic heterocycles. The van der Waals surface area contributed by atoms with Crippen LogP contribution in [0.1, 0.15) is 35.7 Å². The number of aryl methyl sites for hydroxylation is 1. The van der Waals surface area contributed by atoms with Gasteiger partial charge in [0.15, 0.2) is 0 Å². The number of likely N-dealkylation sites (tertiary alicyclic amines) is 1. The van der Waals surface area contributed by atoms with Crippen molar-refractivity contribution in [3.63, 3.8) is 0 Å². The number of carbonyl (C=O) groups is 1. The van der Waals surface area contributed by atoms with E-state index < -0.39 is 5.60 Å². The van der Waals surface area contributed by atoms with Crippen LogP contribution in [-0.4, -0.2) is 34.6 Å². The van der Waals surface area contributed by atoms with Crippen molar-refractivity contribution < 1.29 is 9.90 Å². The molecule has 98 valence electrons. The van der Waals surface area contributed by atoms with Crippen LogP contribution in [0.4, 0.5) is 0 Å². The molecule has 0 radical (unpaired) electrons. The van der Waals surface area contributed by atoms with Crippen LogP contribution in [0.2, 0.25) is 0 Å².